The second-order valence-corrected chi connectivity index (χ2v) is 5.33. The highest BCUT2D eigenvalue weighted by Gasteiger charge is 2.11. The first kappa shape index (κ1) is 14.4. The number of phenolic OH excluding ortho intramolecular Hbond substituents is 1. The van der Waals surface area contributed by atoms with Crippen LogP contribution in [0.1, 0.15) is 5.56 Å². The summed E-state index contributed by atoms with van der Waals surface area (Å²) in [6, 6.07) is 11.7. The summed E-state index contributed by atoms with van der Waals surface area (Å²) < 4.78 is 13.4. The Kier molecular flexibility index (Phi) is 4.63. The van der Waals surface area contributed by atoms with Crippen LogP contribution in [-0.4, -0.2) is 16.8 Å². The summed E-state index contributed by atoms with van der Waals surface area (Å²) in [5, 5.41) is 11.9. The Morgan fingerprint density at radius 2 is 1.95 bits per heavy atom. The third-order valence-corrected chi connectivity index (χ3v) is 3.66. The van der Waals surface area contributed by atoms with E-state index < -0.39 is 5.82 Å². The first-order valence-corrected chi connectivity index (χ1v) is 7.01. The van der Waals surface area contributed by atoms with Crippen LogP contribution in [0.25, 0.3) is 0 Å². The second-order valence-electron chi connectivity index (χ2n) is 4.28. The number of rotatable bonds is 4. The van der Waals surface area contributed by atoms with E-state index in [4.69, 9.17) is 0 Å². The summed E-state index contributed by atoms with van der Waals surface area (Å²) in [6.07, 6.45) is 0. The van der Waals surface area contributed by atoms with Gasteiger partial charge in [0.25, 0.3) is 0 Å². The summed E-state index contributed by atoms with van der Waals surface area (Å²) in [5.74, 6) is -1.15. The van der Waals surface area contributed by atoms with Crippen molar-refractivity contribution in [2.24, 2.45) is 0 Å². The van der Waals surface area contributed by atoms with E-state index in [1.807, 2.05) is 31.2 Å². The van der Waals surface area contributed by atoms with Gasteiger partial charge in [0.05, 0.1) is 5.75 Å². The standard InChI is InChI=1S/C15H14FNO2S/c1-10-5-7-11(8-6-10)20-9-14(19)17-15-12(16)3-2-4-13(15)18/h2-8,18H,9H2,1H3,(H,17,19). The van der Waals surface area contributed by atoms with Gasteiger partial charge in [-0.05, 0) is 31.2 Å². The quantitative estimate of drug-likeness (QED) is 0.669. The van der Waals surface area contributed by atoms with Crippen molar-refractivity contribution in [1.82, 2.24) is 0 Å². The normalized spacial score (nSPS) is 10.3. The molecule has 0 atom stereocenters. The van der Waals surface area contributed by atoms with Gasteiger partial charge in [-0.1, -0.05) is 23.8 Å². The number of phenols is 1. The lowest BCUT2D eigenvalue weighted by Gasteiger charge is -2.08. The monoisotopic (exact) mass is 291 g/mol. The first-order valence-electron chi connectivity index (χ1n) is 6.03. The van der Waals surface area contributed by atoms with E-state index >= 15 is 0 Å². The molecule has 0 bridgehead atoms. The molecule has 2 rings (SSSR count). The summed E-state index contributed by atoms with van der Waals surface area (Å²) in [4.78, 5) is 12.7. The second kappa shape index (κ2) is 6.43. The lowest BCUT2D eigenvalue weighted by molar-refractivity contribution is -0.113. The van der Waals surface area contributed by atoms with Gasteiger partial charge in [0.15, 0.2) is 5.82 Å². The molecule has 0 unspecified atom stereocenters. The van der Waals surface area contributed by atoms with Gasteiger partial charge < -0.3 is 10.4 Å². The molecule has 0 spiro atoms. The highest BCUT2D eigenvalue weighted by molar-refractivity contribution is 8.00. The van der Waals surface area contributed by atoms with Crippen LogP contribution in [0.2, 0.25) is 0 Å². The zero-order valence-electron chi connectivity index (χ0n) is 10.9. The molecule has 0 saturated carbocycles. The van der Waals surface area contributed by atoms with Crippen molar-refractivity contribution in [2.45, 2.75) is 11.8 Å². The average molecular weight is 291 g/mol. The number of hydrogen-bond acceptors (Lipinski definition) is 3. The minimum absolute atomic E-state index is 0.150. The number of nitrogens with one attached hydrogen (secondary N) is 1. The van der Waals surface area contributed by atoms with E-state index in [2.05, 4.69) is 5.32 Å². The van der Waals surface area contributed by atoms with Crippen molar-refractivity contribution in [1.29, 1.82) is 0 Å². The van der Waals surface area contributed by atoms with Crippen LogP contribution in [0.3, 0.4) is 0 Å². The third-order valence-electron chi connectivity index (χ3n) is 2.65. The number of amides is 1. The summed E-state index contributed by atoms with van der Waals surface area (Å²) >= 11 is 1.35. The molecule has 0 aromatic heterocycles. The predicted molar refractivity (Wildman–Crippen MR) is 78.6 cm³/mol. The van der Waals surface area contributed by atoms with Crippen LogP contribution in [-0.2, 0) is 4.79 Å². The SMILES string of the molecule is Cc1ccc(SCC(=O)Nc2c(O)cccc2F)cc1. The van der Waals surface area contributed by atoms with Crippen molar-refractivity contribution in [3.05, 3.63) is 53.8 Å². The van der Waals surface area contributed by atoms with Crippen LogP contribution in [0.5, 0.6) is 5.75 Å². The van der Waals surface area contributed by atoms with E-state index in [0.29, 0.717) is 0 Å². The molecule has 2 aromatic rings. The molecule has 2 N–H and O–H groups in total. The van der Waals surface area contributed by atoms with Crippen molar-refractivity contribution in [2.75, 3.05) is 11.1 Å². The summed E-state index contributed by atoms with van der Waals surface area (Å²) in [6.45, 7) is 1.99. The predicted octanol–water partition coefficient (Wildman–Crippen LogP) is 3.57. The summed E-state index contributed by atoms with van der Waals surface area (Å²) in [7, 11) is 0. The molecular formula is C15H14FNO2S. The number of benzene rings is 2. The number of hydrogen-bond donors (Lipinski definition) is 2. The number of carbonyl (C=O) groups is 1. The first-order chi connectivity index (χ1) is 9.56. The molecule has 5 heteroatoms. The van der Waals surface area contributed by atoms with E-state index in [0.717, 1.165) is 10.5 Å². The molecule has 0 heterocycles. The van der Waals surface area contributed by atoms with Crippen LogP contribution < -0.4 is 5.32 Å². The van der Waals surface area contributed by atoms with Gasteiger partial charge in [0, 0.05) is 4.90 Å². The highest BCUT2D eigenvalue weighted by atomic mass is 32.2. The Morgan fingerprint density at radius 1 is 1.25 bits per heavy atom. The van der Waals surface area contributed by atoms with Crippen molar-refractivity contribution < 1.29 is 14.3 Å². The lowest BCUT2D eigenvalue weighted by Crippen LogP contribution is -2.15. The minimum atomic E-state index is -0.654. The van der Waals surface area contributed by atoms with Crippen LogP contribution in [0.15, 0.2) is 47.4 Å². The topological polar surface area (TPSA) is 49.3 Å². The Labute approximate surface area is 120 Å². The fraction of sp³-hybridized carbons (Fsp3) is 0.133. The number of thioether (sulfide) groups is 1. The van der Waals surface area contributed by atoms with Crippen LogP contribution >= 0.6 is 11.8 Å². The molecule has 1 amide bonds. The van der Waals surface area contributed by atoms with Gasteiger partial charge in [-0.2, -0.15) is 0 Å². The third kappa shape index (κ3) is 3.74. The van der Waals surface area contributed by atoms with Gasteiger partial charge in [-0.25, -0.2) is 4.39 Å². The van der Waals surface area contributed by atoms with E-state index in [-0.39, 0.29) is 23.1 Å². The van der Waals surface area contributed by atoms with Gasteiger partial charge in [0.1, 0.15) is 11.4 Å². The van der Waals surface area contributed by atoms with Gasteiger partial charge in [-0.15, -0.1) is 11.8 Å². The van der Waals surface area contributed by atoms with E-state index in [1.54, 1.807) is 0 Å². The Bertz CT molecular complexity index is 594. The van der Waals surface area contributed by atoms with Crippen molar-refractivity contribution >= 4 is 23.4 Å². The number of aryl methyl sites for hydroxylation is 1. The fourth-order valence-corrected chi connectivity index (χ4v) is 2.29. The largest absolute Gasteiger partial charge is 0.506 e. The molecule has 2 aromatic carbocycles. The maximum absolute atomic E-state index is 13.4. The molecule has 0 saturated heterocycles. The smallest absolute Gasteiger partial charge is 0.234 e. The highest BCUT2D eigenvalue weighted by Crippen LogP contribution is 2.26. The molecule has 0 aliphatic rings. The van der Waals surface area contributed by atoms with Gasteiger partial charge >= 0.3 is 0 Å². The molecule has 0 fully saturated rings. The molecule has 20 heavy (non-hydrogen) atoms. The molecule has 104 valence electrons. The molecule has 0 aliphatic heterocycles. The number of para-hydroxylation sites is 1. The fourth-order valence-electron chi connectivity index (χ4n) is 1.60. The summed E-state index contributed by atoms with van der Waals surface area (Å²) in [5.41, 5.74) is 0.970. The Hall–Kier alpha value is -2.01. The van der Waals surface area contributed by atoms with E-state index in [1.165, 1.54) is 30.0 Å². The Morgan fingerprint density at radius 3 is 2.60 bits per heavy atom. The number of carbonyl (C=O) groups excluding carboxylic acids is 1. The zero-order chi connectivity index (χ0) is 14.5. The Balaban J connectivity index is 1.94. The molecular weight excluding hydrogens is 277 g/mol. The van der Waals surface area contributed by atoms with Crippen LogP contribution in [0.4, 0.5) is 10.1 Å². The maximum atomic E-state index is 13.4. The molecule has 0 radical (unpaired) electrons. The molecule has 3 nitrogen and oxygen atoms in total. The maximum Gasteiger partial charge on any atom is 0.234 e. The minimum Gasteiger partial charge on any atom is -0.506 e. The lowest BCUT2D eigenvalue weighted by atomic mass is 10.2. The van der Waals surface area contributed by atoms with Gasteiger partial charge in [0.2, 0.25) is 5.91 Å². The number of aromatic hydroxyl groups is 1. The van der Waals surface area contributed by atoms with Crippen molar-refractivity contribution in [3.63, 3.8) is 0 Å². The van der Waals surface area contributed by atoms with Crippen LogP contribution in [0, 0.1) is 12.7 Å². The average Bonchev–Trinajstić information content (AvgIpc) is 2.42. The zero-order valence-corrected chi connectivity index (χ0v) is 11.7. The van der Waals surface area contributed by atoms with E-state index in [9.17, 15) is 14.3 Å². The number of halogens is 1. The number of anilines is 1. The molecule has 0 aliphatic carbocycles. The van der Waals surface area contributed by atoms with Crippen molar-refractivity contribution in [3.8, 4) is 5.75 Å². The van der Waals surface area contributed by atoms with Gasteiger partial charge in [-0.3, -0.25) is 4.79 Å².